The highest BCUT2D eigenvalue weighted by Crippen LogP contribution is 2.02. The molecule has 17 heavy (non-hydrogen) atoms. The zero-order chi connectivity index (χ0) is 11.1. The quantitative estimate of drug-likeness (QED) is 0.891. The van der Waals surface area contributed by atoms with E-state index in [1.54, 1.807) is 11.1 Å². The van der Waals surface area contributed by atoms with Crippen molar-refractivity contribution >= 4 is 30.7 Å². The molecule has 6 heteroatoms. The molecule has 98 valence electrons. The summed E-state index contributed by atoms with van der Waals surface area (Å²) in [4.78, 5) is 17.5. The molecular weight excluding hydrogens is 261 g/mol. The molecule has 0 aliphatic carbocycles. The van der Waals surface area contributed by atoms with Crippen molar-refractivity contribution in [2.75, 3.05) is 13.1 Å². The molecule has 1 heterocycles. The van der Waals surface area contributed by atoms with Gasteiger partial charge in [-0.2, -0.15) is 0 Å². The van der Waals surface area contributed by atoms with Crippen molar-refractivity contribution in [3.63, 3.8) is 0 Å². The molecule has 0 aliphatic rings. The number of carbonyl (C=O) groups excluding carboxylic acids is 1. The molecule has 0 fully saturated rings. The van der Waals surface area contributed by atoms with Gasteiger partial charge in [0.05, 0.1) is 12.2 Å². The standard InChI is InChI=1S/C11H17N3O.2ClH/c1-2-14(11(15)6-7-12)9-10-5-3-4-8-13-10;;/h3-5,8H,2,6-7,9,12H2,1H3;2*1H. The summed E-state index contributed by atoms with van der Waals surface area (Å²) in [7, 11) is 0. The molecule has 4 nitrogen and oxygen atoms in total. The number of aromatic nitrogens is 1. The van der Waals surface area contributed by atoms with Crippen LogP contribution in [-0.4, -0.2) is 28.9 Å². The number of nitrogens with zero attached hydrogens (tertiary/aromatic N) is 2. The summed E-state index contributed by atoms with van der Waals surface area (Å²) in [6.07, 6.45) is 2.14. The molecule has 0 spiro atoms. The summed E-state index contributed by atoms with van der Waals surface area (Å²) in [5, 5.41) is 0. The Bertz CT molecular complexity index is 309. The Morgan fingerprint density at radius 3 is 2.59 bits per heavy atom. The van der Waals surface area contributed by atoms with Gasteiger partial charge < -0.3 is 10.6 Å². The van der Waals surface area contributed by atoms with Gasteiger partial charge in [-0.3, -0.25) is 9.78 Å². The highest BCUT2D eigenvalue weighted by molar-refractivity contribution is 5.85. The summed E-state index contributed by atoms with van der Waals surface area (Å²) in [6, 6.07) is 5.70. The summed E-state index contributed by atoms with van der Waals surface area (Å²) in [5.41, 5.74) is 6.26. The lowest BCUT2D eigenvalue weighted by molar-refractivity contribution is -0.131. The topological polar surface area (TPSA) is 59.2 Å². The second-order valence-corrected chi connectivity index (χ2v) is 3.27. The van der Waals surface area contributed by atoms with E-state index in [1.165, 1.54) is 0 Å². The van der Waals surface area contributed by atoms with Gasteiger partial charge in [0.2, 0.25) is 5.91 Å². The number of hydrogen-bond acceptors (Lipinski definition) is 3. The Kier molecular flexibility index (Phi) is 11.2. The minimum atomic E-state index is 0. The maximum Gasteiger partial charge on any atom is 0.224 e. The van der Waals surface area contributed by atoms with Gasteiger partial charge in [0, 0.05) is 25.7 Å². The minimum Gasteiger partial charge on any atom is -0.337 e. The van der Waals surface area contributed by atoms with Crippen LogP contribution in [0.5, 0.6) is 0 Å². The van der Waals surface area contributed by atoms with Crippen molar-refractivity contribution in [2.24, 2.45) is 5.73 Å². The first kappa shape index (κ1) is 18.5. The van der Waals surface area contributed by atoms with Crippen LogP contribution in [0.2, 0.25) is 0 Å². The molecule has 1 rings (SSSR count). The highest BCUT2D eigenvalue weighted by Gasteiger charge is 2.10. The Labute approximate surface area is 114 Å². The van der Waals surface area contributed by atoms with Gasteiger partial charge in [-0.25, -0.2) is 0 Å². The van der Waals surface area contributed by atoms with E-state index in [0.717, 1.165) is 5.69 Å². The van der Waals surface area contributed by atoms with E-state index in [1.807, 2.05) is 25.1 Å². The van der Waals surface area contributed by atoms with Gasteiger partial charge in [0.25, 0.3) is 0 Å². The Morgan fingerprint density at radius 1 is 1.41 bits per heavy atom. The Morgan fingerprint density at radius 2 is 2.12 bits per heavy atom. The first-order valence-corrected chi connectivity index (χ1v) is 5.15. The number of amides is 1. The zero-order valence-electron chi connectivity index (χ0n) is 9.83. The number of carbonyl (C=O) groups is 1. The molecule has 0 radical (unpaired) electrons. The van der Waals surface area contributed by atoms with Crippen molar-refractivity contribution in [1.82, 2.24) is 9.88 Å². The first-order valence-electron chi connectivity index (χ1n) is 5.15. The normalized spacial score (nSPS) is 8.82. The first-order chi connectivity index (χ1) is 7.27. The predicted octanol–water partition coefficient (Wildman–Crippen LogP) is 1.62. The molecule has 1 amide bonds. The summed E-state index contributed by atoms with van der Waals surface area (Å²) in [5.74, 6) is 0.0886. The number of nitrogens with two attached hydrogens (primary N) is 1. The van der Waals surface area contributed by atoms with Crippen LogP contribution in [0.1, 0.15) is 19.0 Å². The summed E-state index contributed by atoms with van der Waals surface area (Å²) < 4.78 is 0. The van der Waals surface area contributed by atoms with Crippen LogP contribution in [0, 0.1) is 0 Å². The van der Waals surface area contributed by atoms with Gasteiger partial charge in [-0.15, -0.1) is 24.8 Å². The minimum absolute atomic E-state index is 0. The van der Waals surface area contributed by atoms with Crippen LogP contribution in [0.3, 0.4) is 0 Å². The largest absolute Gasteiger partial charge is 0.337 e. The summed E-state index contributed by atoms with van der Waals surface area (Å²) >= 11 is 0. The fourth-order valence-electron chi connectivity index (χ4n) is 1.35. The third kappa shape index (κ3) is 6.46. The molecular formula is C11H19Cl2N3O. The van der Waals surface area contributed by atoms with Gasteiger partial charge in [0.15, 0.2) is 0 Å². The van der Waals surface area contributed by atoms with E-state index in [4.69, 9.17) is 5.73 Å². The fourth-order valence-corrected chi connectivity index (χ4v) is 1.35. The number of pyridine rings is 1. The van der Waals surface area contributed by atoms with E-state index < -0.39 is 0 Å². The molecule has 0 aromatic carbocycles. The van der Waals surface area contributed by atoms with E-state index in [-0.39, 0.29) is 30.7 Å². The average molecular weight is 280 g/mol. The highest BCUT2D eigenvalue weighted by atomic mass is 35.5. The molecule has 1 aromatic rings. The van der Waals surface area contributed by atoms with Crippen LogP contribution >= 0.6 is 24.8 Å². The molecule has 0 saturated carbocycles. The lowest BCUT2D eigenvalue weighted by atomic mass is 10.3. The summed E-state index contributed by atoms with van der Waals surface area (Å²) in [6.45, 7) is 3.61. The van der Waals surface area contributed by atoms with E-state index >= 15 is 0 Å². The Balaban J connectivity index is 0. The maximum absolute atomic E-state index is 11.6. The number of rotatable bonds is 5. The predicted molar refractivity (Wildman–Crippen MR) is 73.5 cm³/mol. The van der Waals surface area contributed by atoms with Crippen molar-refractivity contribution in [3.8, 4) is 0 Å². The fraction of sp³-hybridized carbons (Fsp3) is 0.455. The molecule has 0 aliphatic heterocycles. The molecule has 0 unspecified atom stereocenters. The lowest BCUT2D eigenvalue weighted by Crippen LogP contribution is -2.31. The lowest BCUT2D eigenvalue weighted by Gasteiger charge is -2.20. The van der Waals surface area contributed by atoms with Crippen molar-refractivity contribution < 1.29 is 4.79 Å². The maximum atomic E-state index is 11.6. The van der Waals surface area contributed by atoms with Gasteiger partial charge in [-0.05, 0) is 19.1 Å². The van der Waals surface area contributed by atoms with Crippen LogP contribution in [0.4, 0.5) is 0 Å². The molecule has 0 saturated heterocycles. The van der Waals surface area contributed by atoms with Gasteiger partial charge in [-0.1, -0.05) is 6.07 Å². The Hall–Kier alpha value is -0.840. The third-order valence-electron chi connectivity index (χ3n) is 2.17. The SMILES string of the molecule is CCN(Cc1ccccn1)C(=O)CCN.Cl.Cl. The third-order valence-corrected chi connectivity index (χ3v) is 2.17. The van der Waals surface area contributed by atoms with E-state index in [0.29, 0.717) is 26.1 Å². The number of hydrogen-bond donors (Lipinski definition) is 1. The van der Waals surface area contributed by atoms with Crippen molar-refractivity contribution in [3.05, 3.63) is 30.1 Å². The van der Waals surface area contributed by atoms with Crippen LogP contribution < -0.4 is 5.73 Å². The van der Waals surface area contributed by atoms with Crippen LogP contribution in [0.15, 0.2) is 24.4 Å². The van der Waals surface area contributed by atoms with Gasteiger partial charge in [0.1, 0.15) is 0 Å². The van der Waals surface area contributed by atoms with Gasteiger partial charge >= 0.3 is 0 Å². The monoisotopic (exact) mass is 279 g/mol. The molecule has 0 bridgehead atoms. The zero-order valence-corrected chi connectivity index (χ0v) is 11.5. The van der Waals surface area contributed by atoms with Crippen LogP contribution in [-0.2, 0) is 11.3 Å². The van der Waals surface area contributed by atoms with E-state index in [2.05, 4.69) is 4.98 Å². The second-order valence-electron chi connectivity index (χ2n) is 3.27. The average Bonchev–Trinajstić information content (AvgIpc) is 2.27. The second kappa shape index (κ2) is 10.3. The van der Waals surface area contributed by atoms with Crippen LogP contribution in [0.25, 0.3) is 0 Å². The molecule has 1 aromatic heterocycles. The smallest absolute Gasteiger partial charge is 0.224 e. The van der Waals surface area contributed by atoms with Crippen molar-refractivity contribution in [1.29, 1.82) is 0 Å². The van der Waals surface area contributed by atoms with E-state index in [9.17, 15) is 4.79 Å². The number of halogens is 2. The molecule has 2 N–H and O–H groups in total. The molecule has 0 atom stereocenters. The van der Waals surface area contributed by atoms with Crippen molar-refractivity contribution in [2.45, 2.75) is 19.9 Å².